The van der Waals surface area contributed by atoms with Gasteiger partial charge in [0.1, 0.15) is 16.9 Å². The topological polar surface area (TPSA) is 89.7 Å². The minimum atomic E-state index is -3.53. The number of nitrogens with zero attached hydrogens (tertiary/aromatic N) is 2. The van der Waals surface area contributed by atoms with Crippen LogP contribution in [0.25, 0.3) is 11.1 Å². The third-order valence-corrected chi connectivity index (χ3v) is 6.34. The van der Waals surface area contributed by atoms with Crippen molar-refractivity contribution in [1.29, 1.82) is 0 Å². The maximum atomic E-state index is 12.1. The first kappa shape index (κ1) is 16.3. The Balaban J connectivity index is 1.89. The Labute approximate surface area is 138 Å². The van der Waals surface area contributed by atoms with E-state index >= 15 is 0 Å². The maximum Gasteiger partial charge on any atom is 0.320 e. The van der Waals surface area contributed by atoms with Gasteiger partial charge in [0.05, 0.1) is 4.90 Å². The molecule has 124 valence electrons. The SMILES string of the molecule is C[C@H]1C[C@H](Sc2nc3cc(S(=O)(=O)N(C)C)ccc3o2)C(=O)O1. The number of oxazole rings is 1. The number of rotatable bonds is 4. The average Bonchev–Trinajstić information content (AvgIpc) is 3.00. The molecule has 9 heteroatoms. The fraction of sp³-hybridized carbons (Fsp3) is 0.429. The van der Waals surface area contributed by atoms with Gasteiger partial charge in [-0.3, -0.25) is 4.79 Å². The number of thioether (sulfide) groups is 1. The van der Waals surface area contributed by atoms with Crippen molar-refractivity contribution >= 4 is 38.9 Å². The lowest BCUT2D eigenvalue weighted by Crippen LogP contribution is -2.22. The van der Waals surface area contributed by atoms with Gasteiger partial charge in [-0.25, -0.2) is 17.7 Å². The molecule has 0 bridgehead atoms. The smallest absolute Gasteiger partial charge is 0.320 e. The molecule has 2 heterocycles. The van der Waals surface area contributed by atoms with E-state index in [1.807, 2.05) is 6.92 Å². The summed E-state index contributed by atoms with van der Waals surface area (Å²) in [5.41, 5.74) is 0.916. The molecule has 1 aromatic carbocycles. The van der Waals surface area contributed by atoms with Gasteiger partial charge in [-0.05, 0) is 25.1 Å². The number of hydrogen-bond donors (Lipinski definition) is 0. The molecule has 1 aliphatic rings. The van der Waals surface area contributed by atoms with Crippen molar-refractivity contribution in [2.75, 3.05) is 14.1 Å². The Hall–Kier alpha value is -1.58. The number of esters is 1. The number of hydrogen-bond acceptors (Lipinski definition) is 7. The molecule has 3 rings (SSSR count). The van der Waals surface area contributed by atoms with Crippen LogP contribution >= 0.6 is 11.8 Å². The number of aromatic nitrogens is 1. The minimum absolute atomic E-state index is 0.110. The van der Waals surface area contributed by atoms with Crippen molar-refractivity contribution in [3.05, 3.63) is 18.2 Å². The normalized spacial score (nSPS) is 22.0. The minimum Gasteiger partial charge on any atom is -0.462 e. The van der Waals surface area contributed by atoms with Crippen LogP contribution in [0.15, 0.2) is 32.7 Å². The molecular weight excluding hydrogens is 340 g/mol. The number of carbonyl (C=O) groups excluding carboxylic acids is 1. The summed E-state index contributed by atoms with van der Waals surface area (Å²) in [4.78, 5) is 16.1. The molecule has 0 radical (unpaired) electrons. The lowest BCUT2D eigenvalue weighted by molar-refractivity contribution is -0.140. The summed E-state index contributed by atoms with van der Waals surface area (Å²) in [6.07, 6.45) is 0.490. The Morgan fingerprint density at radius 2 is 2.09 bits per heavy atom. The maximum absolute atomic E-state index is 12.1. The van der Waals surface area contributed by atoms with Gasteiger partial charge >= 0.3 is 5.97 Å². The van der Waals surface area contributed by atoms with Crippen LogP contribution < -0.4 is 0 Å². The number of ether oxygens (including phenoxy) is 1. The Bertz CT molecular complexity index is 859. The van der Waals surface area contributed by atoms with Gasteiger partial charge in [0.2, 0.25) is 10.0 Å². The molecule has 0 N–H and O–H groups in total. The fourth-order valence-corrected chi connectivity index (χ4v) is 4.22. The molecule has 0 aliphatic carbocycles. The molecular formula is C14H16N2O5S2. The lowest BCUT2D eigenvalue weighted by atomic mass is 10.3. The summed E-state index contributed by atoms with van der Waals surface area (Å²) in [6, 6.07) is 4.51. The zero-order valence-electron chi connectivity index (χ0n) is 12.8. The molecule has 0 spiro atoms. The molecule has 1 fully saturated rings. The highest BCUT2D eigenvalue weighted by Crippen LogP contribution is 2.33. The van der Waals surface area contributed by atoms with Crippen LogP contribution in [0.4, 0.5) is 0 Å². The third kappa shape index (κ3) is 3.08. The van der Waals surface area contributed by atoms with E-state index in [4.69, 9.17) is 9.15 Å². The van der Waals surface area contributed by atoms with Crippen molar-refractivity contribution in [3.63, 3.8) is 0 Å². The van der Waals surface area contributed by atoms with Crippen LogP contribution in [0.5, 0.6) is 0 Å². The summed E-state index contributed by atoms with van der Waals surface area (Å²) in [7, 11) is -0.589. The van der Waals surface area contributed by atoms with E-state index in [-0.39, 0.29) is 22.2 Å². The molecule has 0 unspecified atom stereocenters. The van der Waals surface area contributed by atoms with Crippen LogP contribution in [0, 0.1) is 0 Å². The van der Waals surface area contributed by atoms with Crippen LogP contribution in [-0.4, -0.2) is 49.1 Å². The number of cyclic esters (lactones) is 1. The van der Waals surface area contributed by atoms with E-state index in [2.05, 4.69) is 4.98 Å². The third-order valence-electron chi connectivity index (χ3n) is 3.49. The standard InChI is InChI=1S/C14H16N2O5S2/c1-8-6-12(13(17)20-8)22-14-15-10-7-9(4-5-11(10)21-14)23(18,19)16(2)3/h4-5,7-8,12H,6H2,1-3H3/t8-,12-/m0/s1. The molecule has 1 aliphatic heterocycles. The Morgan fingerprint density at radius 1 is 1.35 bits per heavy atom. The van der Waals surface area contributed by atoms with E-state index < -0.39 is 10.0 Å². The van der Waals surface area contributed by atoms with E-state index in [0.717, 1.165) is 4.31 Å². The van der Waals surface area contributed by atoms with Crippen molar-refractivity contribution in [3.8, 4) is 0 Å². The van der Waals surface area contributed by atoms with Crippen molar-refractivity contribution in [2.45, 2.75) is 34.8 Å². The molecule has 7 nitrogen and oxygen atoms in total. The van der Waals surface area contributed by atoms with Crippen LogP contribution in [0.3, 0.4) is 0 Å². The van der Waals surface area contributed by atoms with Gasteiger partial charge in [-0.2, -0.15) is 0 Å². The molecule has 1 saturated heterocycles. The second-order valence-corrected chi connectivity index (χ2v) is 8.79. The highest BCUT2D eigenvalue weighted by atomic mass is 32.2. The molecule has 2 aromatic rings. The second-order valence-electron chi connectivity index (χ2n) is 5.49. The van der Waals surface area contributed by atoms with Gasteiger partial charge in [0.15, 0.2) is 5.58 Å². The highest BCUT2D eigenvalue weighted by molar-refractivity contribution is 8.00. The molecule has 2 atom stereocenters. The monoisotopic (exact) mass is 356 g/mol. The first-order valence-corrected chi connectivity index (χ1v) is 9.29. The summed E-state index contributed by atoms with van der Waals surface area (Å²) < 4.78 is 36.1. The van der Waals surface area contributed by atoms with Gasteiger partial charge in [0.25, 0.3) is 5.22 Å². The first-order valence-electron chi connectivity index (χ1n) is 6.97. The van der Waals surface area contributed by atoms with E-state index in [9.17, 15) is 13.2 Å². The summed E-state index contributed by atoms with van der Waals surface area (Å²) in [5.74, 6) is -0.277. The molecule has 0 saturated carbocycles. The quantitative estimate of drug-likeness (QED) is 0.773. The van der Waals surface area contributed by atoms with Gasteiger partial charge in [-0.15, -0.1) is 0 Å². The van der Waals surface area contributed by atoms with Crippen molar-refractivity contribution in [2.24, 2.45) is 0 Å². The Morgan fingerprint density at radius 3 is 2.70 bits per heavy atom. The van der Waals surface area contributed by atoms with Crippen LogP contribution in [0.2, 0.25) is 0 Å². The number of carbonyl (C=O) groups is 1. The van der Waals surface area contributed by atoms with E-state index in [1.54, 1.807) is 6.07 Å². The molecule has 0 amide bonds. The second kappa shape index (κ2) is 5.81. The predicted octanol–water partition coefficient (Wildman–Crippen LogP) is 1.87. The summed E-state index contributed by atoms with van der Waals surface area (Å²) in [5, 5.41) is -0.0153. The highest BCUT2D eigenvalue weighted by Gasteiger charge is 2.34. The Kier molecular flexibility index (Phi) is 4.11. The van der Waals surface area contributed by atoms with E-state index in [0.29, 0.717) is 22.7 Å². The average molecular weight is 356 g/mol. The molecule has 23 heavy (non-hydrogen) atoms. The largest absolute Gasteiger partial charge is 0.462 e. The summed E-state index contributed by atoms with van der Waals surface area (Å²) in [6.45, 7) is 1.84. The zero-order chi connectivity index (χ0) is 16.8. The first-order chi connectivity index (χ1) is 10.8. The van der Waals surface area contributed by atoms with Crippen LogP contribution in [-0.2, 0) is 19.6 Å². The molecule has 1 aromatic heterocycles. The zero-order valence-corrected chi connectivity index (χ0v) is 14.5. The van der Waals surface area contributed by atoms with Crippen molar-refractivity contribution < 1.29 is 22.4 Å². The lowest BCUT2D eigenvalue weighted by Gasteiger charge is -2.10. The van der Waals surface area contributed by atoms with Gasteiger partial charge < -0.3 is 9.15 Å². The van der Waals surface area contributed by atoms with Crippen molar-refractivity contribution in [1.82, 2.24) is 9.29 Å². The number of sulfonamides is 1. The van der Waals surface area contributed by atoms with Crippen LogP contribution in [0.1, 0.15) is 13.3 Å². The van der Waals surface area contributed by atoms with E-state index in [1.165, 1.54) is 38.0 Å². The summed E-state index contributed by atoms with van der Waals surface area (Å²) >= 11 is 1.20. The number of fused-ring (bicyclic) bond motifs is 1. The number of benzene rings is 1. The predicted molar refractivity (Wildman–Crippen MR) is 84.7 cm³/mol. The fourth-order valence-electron chi connectivity index (χ4n) is 2.25. The van der Waals surface area contributed by atoms with Gasteiger partial charge in [0, 0.05) is 20.5 Å². The van der Waals surface area contributed by atoms with Gasteiger partial charge in [-0.1, -0.05) is 11.8 Å².